The van der Waals surface area contributed by atoms with Gasteiger partial charge in [0, 0.05) is 39.0 Å². The monoisotopic (exact) mass is 348 g/mol. The fourth-order valence-corrected chi connectivity index (χ4v) is 3.73. The summed E-state index contributed by atoms with van der Waals surface area (Å²) in [6, 6.07) is 4.95. The van der Waals surface area contributed by atoms with Crippen molar-refractivity contribution >= 4 is 45.9 Å². The van der Waals surface area contributed by atoms with Gasteiger partial charge in [-0.15, -0.1) is 11.8 Å². The fraction of sp³-hybridized carbons (Fsp3) is 0.500. The zero-order valence-electron chi connectivity index (χ0n) is 12.6. The van der Waals surface area contributed by atoms with Crippen LogP contribution in [0.2, 0.25) is 5.02 Å². The Kier molecular flexibility index (Phi) is 7.56. The van der Waals surface area contributed by atoms with E-state index in [4.69, 9.17) is 11.6 Å². The molecule has 1 rings (SSSR count). The first kappa shape index (κ1) is 18.3. The van der Waals surface area contributed by atoms with Crippen LogP contribution in [0.15, 0.2) is 23.1 Å². The Morgan fingerprint density at radius 3 is 2.62 bits per heavy atom. The number of urea groups is 1. The maximum absolute atomic E-state index is 12.0. The topological polar surface area (TPSA) is 58.2 Å². The van der Waals surface area contributed by atoms with E-state index < -0.39 is 10.8 Å². The summed E-state index contributed by atoms with van der Waals surface area (Å²) in [5.41, 5.74) is 0.684. The molecule has 0 saturated carbocycles. The summed E-state index contributed by atoms with van der Waals surface area (Å²) in [7, 11) is -0.942. The summed E-state index contributed by atoms with van der Waals surface area (Å²) in [6.07, 6.45) is 1.62. The average molecular weight is 349 g/mol. The predicted octanol–water partition coefficient (Wildman–Crippen LogP) is 3.73. The standard InChI is InChI=1S/C14H21ClN2O2S2/c1-9(2)20-13-11(15)6-5-7-12(13)17-14(18)16-10(3)8-21(4)19/h5-7,9-10H,8H2,1-4H3,(H2,16,17,18). The van der Waals surface area contributed by atoms with Crippen LogP contribution in [0.1, 0.15) is 20.8 Å². The molecule has 118 valence electrons. The van der Waals surface area contributed by atoms with Gasteiger partial charge in [0.25, 0.3) is 0 Å². The van der Waals surface area contributed by atoms with Crippen molar-refractivity contribution in [3.8, 4) is 0 Å². The highest BCUT2D eigenvalue weighted by molar-refractivity contribution is 8.00. The van der Waals surface area contributed by atoms with Crippen LogP contribution in [0.5, 0.6) is 0 Å². The Balaban J connectivity index is 2.76. The first-order valence-electron chi connectivity index (χ1n) is 6.62. The van der Waals surface area contributed by atoms with Gasteiger partial charge in [0.15, 0.2) is 0 Å². The fourth-order valence-electron chi connectivity index (χ4n) is 1.74. The van der Waals surface area contributed by atoms with E-state index in [0.717, 1.165) is 4.90 Å². The first-order chi connectivity index (χ1) is 9.79. The zero-order valence-corrected chi connectivity index (χ0v) is 15.0. The third-order valence-corrected chi connectivity index (χ3v) is 4.97. The Morgan fingerprint density at radius 2 is 2.05 bits per heavy atom. The molecule has 0 aliphatic carbocycles. The van der Waals surface area contributed by atoms with Crippen molar-refractivity contribution < 1.29 is 9.00 Å². The SMILES string of the molecule is CC(CS(C)=O)NC(=O)Nc1cccc(Cl)c1SC(C)C. The molecule has 0 aromatic heterocycles. The van der Waals surface area contributed by atoms with Crippen LogP contribution in [0.4, 0.5) is 10.5 Å². The Bertz CT molecular complexity index is 524. The summed E-state index contributed by atoms with van der Waals surface area (Å²) in [4.78, 5) is 12.8. The lowest BCUT2D eigenvalue weighted by Crippen LogP contribution is -2.39. The first-order valence-corrected chi connectivity index (χ1v) is 9.60. The number of thioether (sulfide) groups is 1. The maximum Gasteiger partial charge on any atom is 0.319 e. The summed E-state index contributed by atoms with van der Waals surface area (Å²) >= 11 is 7.80. The molecule has 0 saturated heterocycles. The number of rotatable bonds is 6. The van der Waals surface area contributed by atoms with Crippen LogP contribution >= 0.6 is 23.4 Å². The molecule has 1 aromatic carbocycles. The number of carbonyl (C=O) groups excluding carboxylic acids is 1. The summed E-state index contributed by atoms with van der Waals surface area (Å²) < 4.78 is 11.1. The van der Waals surface area contributed by atoms with Gasteiger partial charge in [-0.25, -0.2) is 4.79 Å². The van der Waals surface area contributed by atoms with Crippen molar-refractivity contribution in [2.24, 2.45) is 0 Å². The lowest BCUT2D eigenvalue weighted by Gasteiger charge is -2.16. The van der Waals surface area contributed by atoms with Gasteiger partial charge in [-0.05, 0) is 19.1 Å². The molecule has 0 spiro atoms. The Morgan fingerprint density at radius 1 is 1.38 bits per heavy atom. The largest absolute Gasteiger partial charge is 0.334 e. The molecule has 2 atom stereocenters. The van der Waals surface area contributed by atoms with Crippen molar-refractivity contribution in [3.05, 3.63) is 23.2 Å². The van der Waals surface area contributed by atoms with E-state index in [1.54, 1.807) is 30.2 Å². The van der Waals surface area contributed by atoms with Gasteiger partial charge >= 0.3 is 6.03 Å². The molecule has 4 nitrogen and oxygen atoms in total. The van der Waals surface area contributed by atoms with Crippen LogP contribution in [0.25, 0.3) is 0 Å². The molecular formula is C14H21ClN2O2S2. The molecule has 2 unspecified atom stereocenters. The smallest absolute Gasteiger partial charge is 0.319 e. The highest BCUT2D eigenvalue weighted by atomic mass is 35.5. The van der Waals surface area contributed by atoms with E-state index in [-0.39, 0.29) is 12.1 Å². The van der Waals surface area contributed by atoms with E-state index >= 15 is 0 Å². The highest BCUT2D eigenvalue weighted by Gasteiger charge is 2.14. The molecule has 2 amide bonds. The van der Waals surface area contributed by atoms with E-state index in [1.807, 2.05) is 13.0 Å². The molecule has 0 radical (unpaired) electrons. The quantitative estimate of drug-likeness (QED) is 0.770. The van der Waals surface area contributed by atoms with Crippen molar-refractivity contribution in [2.45, 2.75) is 37.0 Å². The molecule has 0 heterocycles. The molecule has 0 aliphatic heterocycles. The van der Waals surface area contributed by atoms with Crippen LogP contribution < -0.4 is 10.6 Å². The van der Waals surface area contributed by atoms with Crippen molar-refractivity contribution in [1.29, 1.82) is 0 Å². The van der Waals surface area contributed by atoms with Gasteiger partial charge in [0.1, 0.15) is 0 Å². The summed E-state index contributed by atoms with van der Waals surface area (Å²) in [5, 5.41) is 6.55. The minimum atomic E-state index is -0.942. The third kappa shape index (κ3) is 6.72. The molecule has 21 heavy (non-hydrogen) atoms. The zero-order chi connectivity index (χ0) is 16.0. The number of amides is 2. The summed E-state index contributed by atoms with van der Waals surface area (Å²) in [6.45, 7) is 5.95. The van der Waals surface area contributed by atoms with E-state index in [0.29, 0.717) is 21.7 Å². The van der Waals surface area contributed by atoms with Crippen LogP contribution in [0, 0.1) is 0 Å². The van der Waals surface area contributed by atoms with Gasteiger partial charge < -0.3 is 10.6 Å². The second-order valence-corrected chi connectivity index (χ2v) is 8.50. The lowest BCUT2D eigenvalue weighted by molar-refractivity contribution is 0.250. The molecule has 0 bridgehead atoms. The van der Waals surface area contributed by atoms with Gasteiger partial charge in [-0.3, -0.25) is 4.21 Å². The molecular weight excluding hydrogens is 328 g/mol. The summed E-state index contributed by atoms with van der Waals surface area (Å²) in [5.74, 6) is 0.427. The van der Waals surface area contributed by atoms with Gasteiger partial charge in [0.2, 0.25) is 0 Å². The number of halogens is 1. The second kappa shape index (κ2) is 8.66. The Hall–Kier alpha value is -0.720. The van der Waals surface area contributed by atoms with Crippen LogP contribution in [-0.2, 0) is 10.8 Å². The number of anilines is 1. The molecule has 2 N–H and O–H groups in total. The van der Waals surface area contributed by atoms with E-state index in [2.05, 4.69) is 24.5 Å². The number of hydrogen-bond donors (Lipinski definition) is 2. The molecule has 7 heteroatoms. The molecule has 0 fully saturated rings. The second-order valence-electron chi connectivity index (χ2n) is 5.02. The van der Waals surface area contributed by atoms with Crippen molar-refractivity contribution in [2.75, 3.05) is 17.3 Å². The van der Waals surface area contributed by atoms with Crippen LogP contribution in [-0.4, -0.2) is 33.5 Å². The molecule has 1 aromatic rings. The van der Waals surface area contributed by atoms with Gasteiger partial charge in [-0.2, -0.15) is 0 Å². The van der Waals surface area contributed by atoms with Crippen molar-refractivity contribution in [1.82, 2.24) is 5.32 Å². The van der Waals surface area contributed by atoms with E-state index in [1.165, 1.54) is 0 Å². The highest BCUT2D eigenvalue weighted by Crippen LogP contribution is 2.36. The lowest BCUT2D eigenvalue weighted by atomic mass is 10.3. The maximum atomic E-state index is 12.0. The van der Waals surface area contributed by atoms with Crippen molar-refractivity contribution in [3.63, 3.8) is 0 Å². The number of hydrogen-bond acceptors (Lipinski definition) is 3. The number of nitrogens with one attached hydrogen (secondary N) is 2. The van der Waals surface area contributed by atoms with E-state index in [9.17, 15) is 9.00 Å². The third-order valence-electron chi connectivity index (χ3n) is 2.43. The molecule has 0 aliphatic rings. The Labute approximate surface area is 137 Å². The number of benzene rings is 1. The number of carbonyl (C=O) groups is 1. The average Bonchev–Trinajstić information content (AvgIpc) is 2.31. The normalized spacial score (nSPS) is 13.8. The minimum absolute atomic E-state index is 0.156. The van der Waals surface area contributed by atoms with Crippen LogP contribution in [0.3, 0.4) is 0 Å². The van der Waals surface area contributed by atoms with Gasteiger partial charge in [0.05, 0.1) is 10.7 Å². The van der Waals surface area contributed by atoms with Gasteiger partial charge in [-0.1, -0.05) is 31.5 Å². The minimum Gasteiger partial charge on any atom is -0.334 e. The predicted molar refractivity (Wildman–Crippen MR) is 93.0 cm³/mol.